The van der Waals surface area contributed by atoms with Gasteiger partial charge in [0.05, 0.1) is 5.92 Å². The predicted molar refractivity (Wildman–Crippen MR) is 65.5 cm³/mol. The molecule has 0 aliphatic heterocycles. The second-order valence-corrected chi connectivity index (χ2v) is 4.91. The monoisotopic (exact) mass is 227 g/mol. The van der Waals surface area contributed by atoms with Gasteiger partial charge in [-0.3, -0.25) is 4.79 Å². The molecular formula is C13H25NO2. The molecule has 3 heteroatoms. The van der Waals surface area contributed by atoms with Crippen molar-refractivity contribution in [2.24, 2.45) is 11.8 Å². The average molecular weight is 227 g/mol. The molecule has 1 aliphatic carbocycles. The first-order chi connectivity index (χ1) is 7.69. The van der Waals surface area contributed by atoms with Gasteiger partial charge >= 0.3 is 5.97 Å². The summed E-state index contributed by atoms with van der Waals surface area (Å²) in [6, 6.07) is 0.552. The second kappa shape index (κ2) is 6.89. The highest BCUT2D eigenvalue weighted by Crippen LogP contribution is 2.29. The van der Waals surface area contributed by atoms with E-state index in [1.165, 1.54) is 6.42 Å². The summed E-state index contributed by atoms with van der Waals surface area (Å²) in [5.41, 5.74) is 0. The number of hydrogen-bond donors (Lipinski definition) is 2. The fourth-order valence-corrected chi connectivity index (χ4v) is 2.67. The summed E-state index contributed by atoms with van der Waals surface area (Å²) in [6.07, 6.45) is 6.47. The van der Waals surface area contributed by atoms with Crippen LogP contribution in [0.1, 0.15) is 52.4 Å². The van der Waals surface area contributed by atoms with Gasteiger partial charge in [-0.05, 0) is 38.1 Å². The molecule has 0 radical (unpaired) electrons. The van der Waals surface area contributed by atoms with Gasteiger partial charge < -0.3 is 10.4 Å². The van der Waals surface area contributed by atoms with Gasteiger partial charge in [0, 0.05) is 6.04 Å². The minimum atomic E-state index is -0.601. The Morgan fingerprint density at radius 3 is 2.50 bits per heavy atom. The van der Waals surface area contributed by atoms with Crippen LogP contribution >= 0.6 is 0 Å². The van der Waals surface area contributed by atoms with E-state index in [-0.39, 0.29) is 5.92 Å². The van der Waals surface area contributed by atoms with Gasteiger partial charge in [-0.2, -0.15) is 0 Å². The largest absolute Gasteiger partial charge is 0.481 e. The Kier molecular flexibility index (Phi) is 5.81. The Bertz CT molecular complexity index is 214. The van der Waals surface area contributed by atoms with Gasteiger partial charge in [0.2, 0.25) is 0 Å². The van der Waals surface area contributed by atoms with Crippen molar-refractivity contribution in [3.8, 4) is 0 Å². The molecule has 0 aromatic carbocycles. The maximum atomic E-state index is 11.1. The molecule has 16 heavy (non-hydrogen) atoms. The lowest BCUT2D eigenvalue weighted by Gasteiger charge is -2.30. The molecule has 2 unspecified atom stereocenters. The smallest absolute Gasteiger partial charge is 0.306 e. The zero-order valence-corrected chi connectivity index (χ0v) is 10.5. The zero-order valence-electron chi connectivity index (χ0n) is 10.5. The summed E-state index contributed by atoms with van der Waals surface area (Å²) in [6.45, 7) is 5.23. The number of aliphatic carboxylic acids is 1. The Labute approximate surface area is 98.6 Å². The summed E-state index contributed by atoms with van der Waals surface area (Å²) >= 11 is 0. The van der Waals surface area contributed by atoms with Gasteiger partial charge in [-0.25, -0.2) is 0 Å². The standard InChI is InChI=1S/C13H25NO2/c1-3-11(4-2)14-9-10-7-5-6-8-12(10)13(15)16/h10-12,14H,3-9H2,1-2H3,(H,15,16). The fraction of sp³-hybridized carbons (Fsp3) is 0.923. The number of carboxylic acid groups (broad SMARTS) is 1. The Morgan fingerprint density at radius 1 is 1.31 bits per heavy atom. The number of carbonyl (C=O) groups is 1. The zero-order chi connectivity index (χ0) is 12.0. The first-order valence-electron chi connectivity index (χ1n) is 6.65. The summed E-state index contributed by atoms with van der Waals surface area (Å²) in [7, 11) is 0. The molecule has 1 saturated carbocycles. The fourth-order valence-electron chi connectivity index (χ4n) is 2.67. The molecule has 0 amide bonds. The molecule has 1 rings (SSSR count). The summed E-state index contributed by atoms with van der Waals surface area (Å²) in [4.78, 5) is 11.1. The van der Waals surface area contributed by atoms with Crippen molar-refractivity contribution in [1.29, 1.82) is 0 Å². The summed E-state index contributed by atoms with van der Waals surface area (Å²) < 4.78 is 0. The molecule has 0 heterocycles. The van der Waals surface area contributed by atoms with Crippen LogP contribution in [0, 0.1) is 11.8 Å². The van der Waals surface area contributed by atoms with Crippen molar-refractivity contribution in [2.75, 3.05) is 6.54 Å². The van der Waals surface area contributed by atoms with Crippen LogP contribution in [0.3, 0.4) is 0 Å². The van der Waals surface area contributed by atoms with Crippen molar-refractivity contribution in [1.82, 2.24) is 5.32 Å². The highest BCUT2D eigenvalue weighted by molar-refractivity contribution is 5.70. The number of carboxylic acids is 1. The molecule has 1 fully saturated rings. The van der Waals surface area contributed by atoms with Crippen LogP contribution in [-0.4, -0.2) is 23.7 Å². The van der Waals surface area contributed by atoms with Crippen molar-refractivity contribution in [3.05, 3.63) is 0 Å². The van der Waals surface area contributed by atoms with Gasteiger partial charge in [0.1, 0.15) is 0 Å². The lowest BCUT2D eigenvalue weighted by molar-refractivity contribution is -0.144. The van der Waals surface area contributed by atoms with E-state index < -0.39 is 5.97 Å². The lowest BCUT2D eigenvalue weighted by Crippen LogP contribution is -2.38. The molecule has 0 aromatic heterocycles. The third-order valence-electron chi connectivity index (χ3n) is 3.88. The third kappa shape index (κ3) is 3.78. The minimum Gasteiger partial charge on any atom is -0.481 e. The van der Waals surface area contributed by atoms with Crippen molar-refractivity contribution in [3.63, 3.8) is 0 Å². The van der Waals surface area contributed by atoms with Crippen LogP contribution in [0.15, 0.2) is 0 Å². The van der Waals surface area contributed by atoms with E-state index in [4.69, 9.17) is 5.11 Å². The first kappa shape index (κ1) is 13.5. The second-order valence-electron chi connectivity index (χ2n) is 4.91. The van der Waals surface area contributed by atoms with E-state index in [1.807, 2.05) is 0 Å². The number of nitrogens with one attached hydrogen (secondary N) is 1. The Hall–Kier alpha value is -0.570. The third-order valence-corrected chi connectivity index (χ3v) is 3.88. The van der Waals surface area contributed by atoms with Crippen molar-refractivity contribution < 1.29 is 9.90 Å². The van der Waals surface area contributed by atoms with Crippen molar-refractivity contribution in [2.45, 2.75) is 58.4 Å². The van der Waals surface area contributed by atoms with Crippen LogP contribution in [-0.2, 0) is 4.79 Å². The SMILES string of the molecule is CCC(CC)NCC1CCCCC1C(=O)O. The van der Waals surface area contributed by atoms with E-state index in [0.717, 1.165) is 38.6 Å². The lowest BCUT2D eigenvalue weighted by atomic mass is 9.79. The van der Waals surface area contributed by atoms with Gasteiger partial charge in [0.25, 0.3) is 0 Å². The molecular weight excluding hydrogens is 202 g/mol. The molecule has 1 aliphatic rings. The topological polar surface area (TPSA) is 49.3 Å². The van der Waals surface area contributed by atoms with Crippen molar-refractivity contribution >= 4 is 5.97 Å². The molecule has 0 bridgehead atoms. The Balaban J connectivity index is 2.40. The molecule has 0 spiro atoms. The molecule has 2 N–H and O–H groups in total. The summed E-state index contributed by atoms with van der Waals surface area (Å²) in [5, 5.41) is 12.7. The molecule has 2 atom stereocenters. The van der Waals surface area contributed by atoms with Crippen LogP contribution in [0.4, 0.5) is 0 Å². The Morgan fingerprint density at radius 2 is 1.94 bits per heavy atom. The predicted octanol–water partition coefficient (Wildman–Crippen LogP) is 2.66. The van der Waals surface area contributed by atoms with E-state index in [9.17, 15) is 4.79 Å². The van der Waals surface area contributed by atoms with Crippen LogP contribution < -0.4 is 5.32 Å². The van der Waals surface area contributed by atoms with Gasteiger partial charge in [-0.15, -0.1) is 0 Å². The minimum absolute atomic E-state index is 0.115. The highest BCUT2D eigenvalue weighted by atomic mass is 16.4. The van der Waals surface area contributed by atoms with Gasteiger partial charge in [0.15, 0.2) is 0 Å². The molecule has 3 nitrogen and oxygen atoms in total. The number of hydrogen-bond acceptors (Lipinski definition) is 2. The quantitative estimate of drug-likeness (QED) is 0.733. The molecule has 0 saturated heterocycles. The van der Waals surface area contributed by atoms with E-state index in [0.29, 0.717) is 12.0 Å². The molecule has 94 valence electrons. The normalized spacial score (nSPS) is 25.9. The van der Waals surface area contributed by atoms with E-state index >= 15 is 0 Å². The summed E-state index contributed by atoms with van der Waals surface area (Å²) in [5.74, 6) is -0.376. The van der Waals surface area contributed by atoms with Crippen LogP contribution in [0.5, 0.6) is 0 Å². The van der Waals surface area contributed by atoms with E-state index in [2.05, 4.69) is 19.2 Å². The molecule has 0 aromatic rings. The van der Waals surface area contributed by atoms with E-state index in [1.54, 1.807) is 0 Å². The van der Waals surface area contributed by atoms with Crippen LogP contribution in [0.2, 0.25) is 0 Å². The average Bonchev–Trinajstić information content (AvgIpc) is 2.30. The van der Waals surface area contributed by atoms with Crippen LogP contribution in [0.25, 0.3) is 0 Å². The maximum absolute atomic E-state index is 11.1. The first-order valence-corrected chi connectivity index (χ1v) is 6.65. The van der Waals surface area contributed by atoms with Gasteiger partial charge in [-0.1, -0.05) is 26.7 Å². The maximum Gasteiger partial charge on any atom is 0.306 e. The number of rotatable bonds is 6. The highest BCUT2D eigenvalue weighted by Gasteiger charge is 2.30.